The lowest BCUT2D eigenvalue weighted by molar-refractivity contribution is 0.416. The van der Waals surface area contributed by atoms with Crippen molar-refractivity contribution >= 4 is 23.1 Å². The van der Waals surface area contributed by atoms with Crippen LogP contribution in [0.15, 0.2) is 65.4 Å². The molecule has 4 rings (SSSR count). The molecule has 28 heavy (non-hydrogen) atoms. The normalized spacial score (nSPS) is 11.0. The van der Waals surface area contributed by atoms with Crippen LogP contribution in [0.3, 0.4) is 0 Å². The van der Waals surface area contributed by atoms with Crippen molar-refractivity contribution in [1.29, 1.82) is 0 Å². The zero-order valence-electron chi connectivity index (χ0n) is 16.0. The van der Waals surface area contributed by atoms with Crippen molar-refractivity contribution in [3.63, 3.8) is 0 Å². The molecule has 6 heteroatoms. The van der Waals surface area contributed by atoms with Crippen molar-refractivity contribution in [3.8, 4) is 22.0 Å². The van der Waals surface area contributed by atoms with Gasteiger partial charge in [0.1, 0.15) is 10.8 Å². The second kappa shape index (κ2) is 8.20. The molecule has 0 saturated carbocycles. The maximum atomic E-state index is 5.46. The molecular weight excluding hydrogens is 386 g/mol. The van der Waals surface area contributed by atoms with Gasteiger partial charge in [-0.3, -0.25) is 4.57 Å². The van der Waals surface area contributed by atoms with E-state index in [4.69, 9.17) is 9.72 Å². The van der Waals surface area contributed by atoms with Gasteiger partial charge in [0.05, 0.1) is 18.4 Å². The molecule has 0 aliphatic heterocycles. The van der Waals surface area contributed by atoms with Crippen LogP contribution in [-0.4, -0.2) is 21.6 Å². The Bertz CT molecular complexity index is 1100. The van der Waals surface area contributed by atoms with Crippen molar-refractivity contribution in [2.45, 2.75) is 24.8 Å². The second-order valence-corrected chi connectivity index (χ2v) is 8.28. The number of benzene rings is 2. The van der Waals surface area contributed by atoms with Gasteiger partial charge >= 0.3 is 0 Å². The van der Waals surface area contributed by atoms with Crippen molar-refractivity contribution in [2.24, 2.45) is 0 Å². The van der Waals surface area contributed by atoms with Crippen molar-refractivity contribution in [3.05, 3.63) is 77.1 Å². The van der Waals surface area contributed by atoms with Crippen LogP contribution in [0.25, 0.3) is 16.3 Å². The first-order valence-corrected chi connectivity index (χ1v) is 10.8. The van der Waals surface area contributed by atoms with Crippen molar-refractivity contribution in [2.75, 3.05) is 7.11 Å². The van der Waals surface area contributed by atoms with Gasteiger partial charge in [0.2, 0.25) is 0 Å². The minimum atomic E-state index is 0.771. The maximum Gasteiger partial charge on any atom is 0.172 e. The summed E-state index contributed by atoms with van der Waals surface area (Å²) in [6.45, 7) is 4.27. The van der Waals surface area contributed by atoms with Crippen LogP contribution < -0.4 is 4.74 Å². The van der Waals surface area contributed by atoms with Crippen LogP contribution in [0.2, 0.25) is 0 Å². The number of imidazole rings is 1. The number of hydrogen-bond donors (Lipinski definition) is 0. The number of aryl methyl sites for hydroxylation is 2. The molecule has 0 radical (unpaired) electrons. The summed E-state index contributed by atoms with van der Waals surface area (Å²) in [6.07, 6.45) is 3.85. The summed E-state index contributed by atoms with van der Waals surface area (Å²) in [5, 5.41) is 4.05. The Morgan fingerprint density at radius 2 is 1.96 bits per heavy atom. The summed E-state index contributed by atoms with van der Waals surface area (Å²) in [7, 11) is 1.69. The lowest BCUT2D eigenvalue weighted by atomic mass is 10.1. The van der Waals surface area contributed by atoms with Gasteiger partial charge in [0.25, 0.3) is 0 Å². The molecule has 0 saturated heterocycles. The SMILES string of the molecule is COc1ccccc1-c1nc(CSc2nccn2-c2ccc(C)c(C)c2)cs1. The lowest BCUT2D eigenvalue weighted by Gasteiger charge is -2.09. The van der Waals surface area contributed by atoms with Gasteiger partial charge in [-0.2, -0.15) is 0 Å². The van der Waals surface area contributed by atoms with Gasteiger partial charge in [-0.15, -0.1) is 11.3 Å². The van der Waals surface area contributed by atoms with Crippen molar-refractivity contribution < 1.29 is 4.74 Å². The highest BCUT2D eigenvalue weighted by atomic mass is 32.2. The Hall–Kier alpha value is -2.57. The minimum Gasteiger partial charge on any atom is -0.496 e. The fourth-order valence-electron chi connectivity index (χ4n) is 2.93. The third-order valence-corrected chi connectivity index (χ3v) is 6.54. The molecule has 0 aliphatic rings. The zero-order valence-corrected chi connectivity index (χ0v) is 17.7. The van der Waals surface area contributed by atoms with E-state index in [1.54, 1.807) is 30.2 Å². The average Bonchev–Trinajstić information content (AvgIpc) is 3.38. The van der Waals surface area contributed by atoms with E-state index in [-0.39, 0.29) is 0 Å². The molecule has 2 heterocycles. The molecule has 0 atom stereocenters. The van der Waals surface area contributed by atoms with E-state index >= 15 is 0 Å². The van der Waals surface area contributed by atoms with Gasteiger partial charge in [-0.1, -0.05) is 30.0 Å². The molecule has 0 N–H and O–H groups in total. The summed E-state index contributed by atoms with van der Waals surface area (Å²) >= 11 is 3.34. The first kappa shape index (κ1) is 18.8. The molecule has 0 fully saturated rings. The van der Waals surface area contributed by atoms with E-state index in [0.717, 1.165) is 38.6 Å². The molecular formula is C22H21N3OS2. The fourth-order valence-corrected chi connectivity index (χ4v) is 4.75. The molecule has 2 aromatic heterocycles. The molecule has 142 valence electrons. The topological polar surface area (TPSA) is 39.9 Å². The smallest absolute Gasteiger partial charge is 0.172 e. The van der Waals surface area contributed by atoms with E-state index < -0.39 is 0 Å². The number of thiazole rings is 1. The molecule has 4 nitrogen and oxygen atoms in total. The van der Waals surface area contributed by atoms with Crippen LogP contribution in [0.5, 0.6) is 5.75 Å². The molecule has 0 amide bonds. The summed E-state index contributed by atoms with van der Waals surface area (Å²) in [5.41, 5.74) is 5.79. The van der Waals surface area contributed by atoms with Crippen LogP contribution >= 0.6 is 23.1 Å². The standard InChI is InChI=1S/C22H21N3OS2/c1-15-8-9-18(12-16(15)2)25-11-10-23-22(25)28-14-17-13-27-21(24-17)19-6-4-5-7-20(19)26-3/h4-13H,14H2,1-3H3. The van der Waals surface area contributed by atoms with Crippen LogP contribution in [0, 0.1) is 13.8 Å². The lowest BCUT2D eigenvalue weighted by Crippen LogP contribution is -1.97. The Morgan fingerprint density at radius 3 is 2.79 bits per heavy atom. The maximum absolute atomic E-state index is 5.46. The Balaban J connectivity index is 1.51. The largest absolute Gasteiger partial charge is 0.496 e. The zero-order chi connectivity index (χ0) is 19.5. The van der Waals surface area contributed by atoms with E-state index in [1.165, 1.54) is 11.1 Å². The van der Waals surface area contributed by atoms with E-state index in [1.807, 2.05) is 36.7 Å². The van der Waals surface area contributed by atoms with E-state index in [9.17, 15) is 0 Å². The van der Waals surface area contributed by atoms with Gasteiger partial charge in [0.15, 0.2) is 5.16 Å². The van der Waals surface area contributed by atoms with Gasteiger partial charge in [-0.25, -0.2) is 9.97 Å². The first-order valence-electron chi connectivity index (χ1n) is 8.97. The third-order valence-electron chi connectivity index (χ3n) is 4.61. The Labute approximate surface area is 173 Å². The monoisotopic (exact) mass is 407 g/mol. The second-order valence-electron chi connectivity index (χ2n) is 6.48. The predicted octanol–water partition coefficient (Wildman–Crippen LogP) is 5.91. The number of ether oxygens (including phenoxy) is 1. The quantitative estimate of drug-likeness (QED) is 0.372. The summed E-state index contributed by atoms with van der Waals surface area (Å²) in [6, 6.07) is 14.5. The number of nitrogens with zero attached hydrogens (tertiary/aromatic N) is 3. The van der Waals surface area contributed by atoms with Crippen LogP contribution in [0.4, 0.5) is 0 Å². The highest BCUT2D eigenvalue weighted by molar-refractivity contribution is 7.98. The highest BCUT2D eigenvalue weighted by Gasteiger charge is 2.12. The van der Waals surface area contributed by atoms with Gasteiger partial charge in [-0.05, 0) is 49.2 Å². The third kappa shape index (κ3) is 3.84. The first-order chi connectivity index (χ1) is 13.7. The van der Waals surface area contributed by atoms with Crippen LogP contribution in [0.1, 0.15) is 16.8 Å². The molecule has 0 aliphatic carbocycles. The van der Waals surface area contributed by atoms with Crippen molar-refractivity contribution in [1.82, 2.24) is 14.5 Å². The summed E-state index contributed by atoms with van der Waals surface area (Å²) < 4.78 is 7.59. The average molecular weight is 408 g/mol. The number of hydrogen-bond acceptors (Lipinski definition) is 5. The minimum absolute atomic E-state index is 0.771. The summed E-state index contributed by atoms with van der Waals surface area (Å²) in [5.74, 6) is 1.62. The summed E-state index contributed by atoms with van der Waals surface area (Å²) in [4.78, 5) is 9.33. The Kier molecular flexibility index (Phi) is 5.50. The number of rotatable bonds is 6. The number of methoxy groups -OCH3 is 1. The van der Waals surface area contributed by atoms with Crippen LogP contribution in [-0.2, 0) is 5.75 Å². The highest BCUT2D eigenvalue weighted by Crippen LogP contribution is 2.33. The van der Waals surface area contributed by atoms with Gasteiger partial charge in [0, 0.05) is 29.2 Å². The molecule has 2 aromatic carbocycles. The van der Waals surface area contributed by atoms with E-state index in [0.29, 0.717) is 0 Å². The Morgan fingerprint density at radius 1 is 1.11 bits per heavy atom. The molecule has 4 aromatic rings. The van der Waals surface area contributed by atoms with Gasteiger partial charge < -0.3 is 4.74 Å². The number of para-hydroxylation sites is 1. The number of thioether (sulfide) groups is 1. The number of aromatic nitrogens is 3. The van der Waals surface area contributed by atoms with E-state index in [2.05, 4.69) is 47.0 Å². The predicted molar refractivity (Wildman–Crippen MR) is 117 cm³/mol. The molecule has 0 bridgehead atoms. The fraction of sp³-hybridized carbons (Fsp3) is 0.182. The molecule has 0 spiro atoms. The molecule has 0 unspecified atom stereocenters.